The molecule has 20 heavy (non-hydrogen) atoms. The molecule has 0 fully saturated rings. The van der Waals surface area contributed by atoms with Crippen molar-refractivity contribution < 1.29 is 14.7 Å². The van der Waals surface area contributed by atoms with Crippen LogP contribution in [-0.2, 0) is 24.8 Å². The molecule has 0 aliphatic heterocycles. The van der Waals surface area contributed by atoms with Crippen molar-refractivity contribution in [1.82, 2.24) is 9.88 Å². The number of aromatic nitrogens is 1. The van der Waals surface area contributed by atoms with Gasteiger partial charge in [0.2, 0.25) is 0 Å². The summed E-state index contributed by atoms with van der Waals surface area (Å²) >= 11 is 0. The number of aliphatic carboxylic acids is 1. The summed E-state index contributed by atoms with van der Waals surface area (Å²) in [6.07, 6.45) is 1.75. The van der Waals surface area contributed by atoms with Crippen LogP contribution in [0.2, 0.25) is 0 Å². The van der Waals surface area contributed by atoms with E-state index in [4.69, 9.17) is 5.11 Å². The van der Waals surface area contributed by atoms with Gasteiger partial charge in [0.1, 0.15) is 5.69 Å². The van der Waals surface area contributed by atoms with E-state index in [2.05, 4.69) is 5.32 Å². The summed E-state index contributed by atoms with van der Waals surface area (Å²) in [6.45, 7) is 0.313. The van der Waals surface area contributed by atoms with Crippen LogP contribution in [0.4, 0.5) is 0 Å². The Morgan fingerprint density at radius 1 is 1.15 bits per heavy atom. The van der Waals surface area contributed by atoms with Crippen LogP contribution in [0.25, 0.3) is 0 Å². The van der Waals surface area contributed by atoms with Crippen LogP contribution in [0.15, 0.2) is 42.6 Å². The van der Waals surface area contributed by atoms with Crippen molar-refractivity contribution in [2.75, 3.05) is 0 Å². The molecule has 1 heterocycles. The van der Waals surface area contributed by atoms with Gasteiger partial charge in [-0.1, -0.05) is 24.3 Å². The van der Waals surface area contributed by atoms with Crippen LogP contribution in [0.5, 0.6) is 0 Å². The smallest absolute Gasteiger partial charge is 0.307 e. The van der Waals surface area contributed by atoms with Gasteiger partial charge >= 0.3 is 5.97 Å². The molecule has 0 saturated heterocycles. The second kappa shape index (κ2) is 6.06. The maximum atomic E-state index is 12.0. The van der Waals surface area contributed by atoms with Crippen LogP contribution < -0.4 is 5.32 Å². The molecule has 2 aromatic rings. The Labute approximate surface area is 116 Å². The lowest BCUT2D eigenvalue weighted by molar-refractivity contribution is -0.136. The number of hydrogen-bond acceptors (Lipinski definition) is 2. The predicted octanol–water partition coefficient (Wildman–Crippen LogP) is 1.58. The van der Waals surface area contributed by atoms with E-state index < -0.39 is 5.97 Å². The molecule has 0 unspecified atom stereocenters. The molecule has 1 aromatic heterocycles. The van der Waals surface area contributed by atoms with Crippen molar-refractivity contribution in [2.24, 2.45) is 7.05 Å². The Kier molecular flexibility index (Phi) is 4.20. The number of carboxylic acids is 1. The Balaban J connectivity index is 2.06. The van der Waals surface area contributed by atoms with Gasteiger partial charge in [-0.2, -0.15) is 0 Å². The number of rotatable bonds is 5. The van der Waals surface area contributed by atoms with E-state index in [1.807, 2.05) is 12.1 Å². The monoisotopic (exact) mass is 272 g/mol. The average Bonchev–Trinajstić information content (AvgIpc) is 2.83. The van der Waals surface area contributed by atoms with Crippen molar-refractivity contribution in [3.63, 3.8) is 0 Å². The minimum Gasteiger partial charge on any atom is -0.481 e. The lowest BCUT2D eigenvalue weighted by Gasteiger charge is -2.09. The van der Waals surface area contributed by atoms with Crippen molar-refractivity contribution in [1.29, 1.82) is 0 Å². The average molecular weight is 272 g/mol. The molecule has 2 rings (SSSR count). The number of carboxylic acid groups (broad SMARTS) is 1. The number of carbonyl (C=O) groups excluding carboxylic acids is 1. The van der Waals surface area contributed by atoms with Gasteiger partial charge in [0.25, 0.3) is 5.91 Å². The summed E-state index contributed by atoms with van der Waals surface area (Å²) in [4.78, 5) is 22.8. The molecule has 0 saturated carbocycles. The number of hydrogen-bond donors (Lipinski definition) is 2. The van der Waals surface area contributed by atoms with Crippen LogP contribution in [0.1, 0.15) is 21.6 Å². The van der Waals surface area contributed by atoms with Gasteiger partial charge in [0, 0.05) is 19.8 Å². The van der Waals surface area contributed by atoms with E-state index in [0.717, 1.165) is 5.56 Å². The van der Waals surface area contributed by atoms with E-state index in [0.29, 0.717) is 17.8 Å². The number of nitrogens with zero attached hydrogens (tertiary/aromatic N) is 1. The third-order valence-electron chi connectivity index (χ3n) is 3.08. The van der Waals surface area contributed by atoms with Gasteiger partial charge < -0.3 is 15.0 Å². The topological polar surface area (TPSA) is 71.3 Å². The molecule has 104 valence electrons. The highest BCUT2D eigenvalue weighted by atomic mass is 16.4. The predicted molar refractivity (Wildman–Crippen MR) is 74.4 cm³/mol. The summed E-state index contributed by atoms with van der Waals surface area (Å²) in [5.41, 5.74) is 2.10. The Hall–Kier alpha value is -2.56. The number of amides is 1. The standard InChI is InChI=1S/C15H16N2O3/c1-17-8-4-7-13(17)15(20)16-10-12-6-3-2-5-11(12)9-14(18)19/h2-8H,9-10H2,1H3,(H,16,20)(H,18,19). The maximum Gasteiger partial charge on any atom is 0.307 e. The third-order valence-corrected chi connectivity index (χ3v) is 3.08. The molecule has 5 nitrogen and oxygen atoms in total. The fourth-order valence-electron chi connectivity index (χ4n) is 2.03. The third kappa shape index (κ3) is 3.26. The zero-order valence-electron chi connectivity index (χ0n) is 11.2. The molecule has 2 N–H and O–H groups in total. The molecule has 0 bridgehead atoms. The molecular formula is C15H16N2O3. The zero-order valence-corrected chi connectivity index (χ0v) is 11.2. The lowest BCUT2D eigenvalue weighted by Crippen LogP contribution is -2.25. The fourth-order valence-corrected chi connectivity index (χ4v) is 2.03. The van der Waals surface area contributed by atoms with Gasteiger partial charge in [-0.25, -0.2) is 0 Å². The number of nitrogens with one attached hydrogen (secondary N) is 1. The second-order valence-electron chi connectivity index (χ2n) is 4.53. The number of aryl methyl sites for hydroxylation is 1. The summed E-state index contributed by atoms with van der Waals surface area (Å²) in [5.74, 6) is -1.06. The van der Waals surface area contributed by atoms with Crippen molar-refractivity contribution in [3.8, 4) is 0 Å². The first-order valence-corrected chi connectivity index (χ1v) is 6.26. The molecule has 0 spiro atoms. The highest BCUT2D eigenvalue weighted by Crippen LogP contribution is 2.10. The molecular weight excluding hydrogens is 256 g/mol. The molecule has 1 aromatic carbocycles. The van der Waals surface area contributed by atoms with Crippen molar-refractivity contribution >= 4 is 11.9 Å². The van der Waals surface area contributed by atoms with E-state index >= 15 is 0 Å². The maximum absolute atomic E-state index is 12.0. The second-order valence-corrected chi connectivity index (χ2v) is 4.53. The van der Waals surface area contributed by atoms with Gasteiger partial charge in [-0.05, 0) is 23.3 Å². The Morgan fingerprint density at radius 3 is 2.45 bits per heavy atom. The molecule has 0 radical (unpaired) electrons. The summed E-state index contributed by atoms with van der Waals surface area (Å²) in [7, 11) is 1.80. The molecule has 0 atom stereocenters. The van der Waals surface area contributed by atoms with Crippen LogP contribution >= 0.6 is 0 Å². The SMILES string of the molecule is Cn1cccc1C(=O)NCc1ccccc1CC(=O)O. The molecule has 5 heteroatoms. The van der Waals surface area contributed by atoms with E-state index in [1.165, 1.54) is 0 Å². The summed E-state index contributed by atoms with van der Waals surface area (Å²) in [6, 6.07) is 10.7. The van der Waals surface area contributed by atoms with Crippen molar-refractivity contribution in [2.45, 2.75) is 13.0 Å². The largest absolute Gasteiger partial charge is 0.481 e. The fraction of sp³-hybridized carbons (Fsp3) is 0.200. The van der Waals surface area contributed by atoms with Gasteiger partial charge in [-0.3, -0.25) is 9.59 Å². The van der Waals surface area contributed by atoms with Gasteiger partial charge in [-0.15, -0.1) is 0 Å². The lowest BCUT2D eigenvalue weighted by atomic mass is 10.0. The Morgan fingerprint density at radius 2 is 1.85 bits per heavy atom. The normalized spacial score (nSPS) is 10.2. The Bertz CT molecular complexity index is 632. The van der Waals surface area contributed by atoms with Crippen molar-refractivity contribution in [3.05, 3.63) is 59.4 Å². The highest BCUT2D eigenvalue weighted by molar-refractivity contribution is 5.92. The van der Waals surface area contributed by atoms with E-state index in [-0.39, 0.29) is 12.3 Å². The first kappa shape index (κ1) is 13.9. The molecule has 0 aliphatic carbocycles. The number of carbonyl (C=O) groups is 2. The van der Waals surface area contributed by atoms with E-state index in [9.17, 15) is 9.59 Å². The van der Waals surface area contributed by atoms with Crippen LogP contribution in [0.3, 0.4) is 0 Å². The quantitative estimate of drug-likeness (QED) is 0.868. The zero-order chi connectivity index (χ0) is 14.5. The van der Waals surface area contributed by atoms with Crippen LogP contribution in [-0.4, -0.2) is 21.6 Å². The van der Waals surface area contributed by atoms with E-state index in [1.54, 1.807) is 42.1 Å². The minimum absolute atomic E-state index is 0.0454. The number of benzene rings is 1. The minimum atomic E-state index is -0.883. The van der Waals surface area contributed by atoms with Gasteiger partial charge in [0.15, 0.2) is 0 Å². The summed E-state index contributed by atoms with van der Waals surface area (Å²) < 4.78 is 1.73. The first-order valence-electron chi connectivity index (χ1n) is 6.26. The van der Waals surface area contributed by atoms with Crippen LogP contribution in [0, 0.1) is 0 Å². The molecule has 0 aliphatic rings. The highest BCUT2D eigenvalue weighted by Gasteiger charge is 2.10. The first-order chi connectivity index (χ1) is 9.58. The van der Waals surface area contributed by atoms with Gasteiger partial charge in [0.05, 0.1) is 6.42 Å². The summed E-state index contributed by atoms with van der Waals surface area (Å²) in [5, 5.41) is 11.7. The molecule has 1 amide bonds.